The lowest BCUT2D eigenvalue weighted by molar-refractivity contribution is 0.0171. The van der Waals surface area contributed by atoms with E-state index in [0.29, 0.717) is 44.2 Å². The molecule has 2 rings (SSSR count). The predicted octanol–water partition coefficient (Wildman–Crippen LogP) is 3.27. The molecule has 1 unspecified atom stereocenters. The molecule has 1 aromatic carbocycles. The minimum absolute atomic E-state index is 0. The summed E-state index contributed by atoms with van der Waals surface area (Å²) in [5, 5.41) is 6.33. The number of nitrogens with zero attached hydrogens (tertiary/aromatic N) is 1. The van der Waals surface area contributed by atoms with Crippen molar-refractivity contribution in [1.29, 1.82) is 0 Å². The second-order valence-corrected chi connectivity index (χ2v) is 6.28. The van der Waals surface area contributed by atoms with E-state index in [1.165, 1.54) is 12.1 Å². The van der Waals surface area contributed by atoms with Crippen molar-refractivity contribution in [2.75, 3.05) is 39.5 Å². The van der Waals surface area contributed by atoms with Gasteiger partial charge in [0.25, 0.3) is 0 Å². The van der Waals surface area contributed by atoms with E-state index in [2.05, 4.69) is 15.6 Å². The number of hydrogen-bond donors (Lipinski definition) is 2. The van der Waals surface area contributed by atoms with Crippen molar-refractivity contribution in [1.82, 2.24) is 10.6 Å². The Labute approximate surface area is 177 Å². The summed E-state index contributed by atoms with van der Waals surface area (Å²) in [5.74, 6) is -0.407. The Kier molecular flexibility index (Phi) is 12.5. The van der Waals surface area contributed by atoms with Gasteiger partial charge in [0.2, 0.25) is 0 Å². The third kappa shape index (κ3) is 10.2. The maximum absolute atomic E-state index is 13.2. The van der Waals surface area contributed by atoms with Gasteiger partial charge in [0, 0.05) is 38.9 Å². The van der Waals surface area contributed by atoms with Gasteiger partial charge in [0.05, 0.1) is 12.7 Å². The van der Waals surface area contributed by atoms with Gasteiger partial charge in [0.15, 0.2) is 5.96 Å². The van der Waals surface area contributed by atoms with Crippen LogP contribution in [-0.4, -0.2) is 51.5 Å². The molecule has 1 atom stereocenters. The largest absolute Gasteiger partial charge is 0.379 e. The molecule has 1 saturated heterocycles. The fraction of sp³-hybridized carbons (Fsp3) is 0.632. The van der Waals surface area contributed by atoms with Gasteiger partial charge in [-0.2, -0.15) is 0 Å². The third-order valence-corrected chi connectivity index (χ3v) is 4.02. The molecule has 27 heavy (non-hydrogen) atoms. The van der Waals surface area contributed by atoms with Crippen LogP contribution in [-0.2, 0) is 15.9 Å². The maximum atomic E-state index is 13.2. The van der Waals surface area contributed by atoms with Crippen LogP contribution in [0.1, 0.15) is 31.7 Å². The van der Waals surface area contributed by atoms with Crippen LogP contribution in [0.4, 0.5) is 8.78 Å². The lowest BCUT2D eigenvalue weighted by Crippen LogP contribution is -2.38. The maximum Gasteiger partial charge on any atom is 0.191 e. The fourth-order valence-corrected chi connectivity index (χ4v) is 2.77. The van der Waals surface area contributed by atoms with Crippen LogP contribution in [0, 0.1) is 11.6 Å². The SMILES string of the molecule is CCNC(=NCCCOCC1CCCO1)NCCc1cc(F)cc(F)c1.I. The Hall–Kier alpha value is -1.00. The van der Waals surface area contributed by atoms with E-state index in [1.54, 1.807) is 0 Å². The molecule has 154 valence electrons. The molecule has 1 aromatic rings. The lowest BCUT2D eigenvalue weighted by Gasteiger charge is -2.12. The van der Waals surface area contributed by atoms with Gasteiger partial charge >= 0.3 is 0 Å². The highest BCUT2D eigenvalue weighted by atomic mass is 127. The van der Waals surface area contributed by atoms with Crippen LogP contribution in [0.25, 0.3) is 0 Å². The van der Waals surface area contributed by atoms with Crippen LogP contribution < -0.4 is 10.6 Å². The van der Waals surface area contributed by atoms with E-state index < -0.39 is 11.6 Å². The quantitative estimate of drug-likeness (QED) is 0.226. The van der Waals surface area contributed by atoms with Gasteiger partial charge < -0.3 is 20.1 Å². The van der Waals surface area contributed by atoms with Crippen molar-refractivity contribution in [2.24, 2.45) is 4.99 Å². The van der Waals surface area contributed by atoms with Crippen molar-refractivity contribution < 1.29 is 18.3 Å². The van der Waals surface area contributed by atoms with E-state index in [9.17, 15) is 8.78 Å². The smallest absolute Gasteiger partial charge is 0.191 e. The van der Waals surface area contributed by atoms with Crippen LogP contribution in [0.3, 0.4) is 0 Å². The Morgan fingerprint density at radius 2 is 2.04 bits per heavy atom. The third-order valence-electron chi connectivity index (χ3n) is 4.02. The van der Waals surface area contributed by atoms with E-state index >= 15 is 0 Å². The summed E-state index contributed by atoms with van der Waals surface area (Å²) in [6.45, 7) is 6.09. The highest BCUT2D eigenvalue weighted by Crippen LogP contribution is 2.12. The molecule has 1 aliphatic heterocycles. The molecule has 0 amide bonds. The first-order chi connectivity index (χ1) is 12.7. The Balaban J connectivity index is 0.00000364. The fourth-order valence-electron chi connectivity index (χ4n) is 2.77. The number of nitrogens with one attached hydrogen (secondary N) is 2. The molecule has 0 saturated carbocycles. The van der Waals surface area contributed by atoms with Crippen molar-refractivity contribution in [2.45, 2.75) is 38.7 Å². The topological polar surface area (TPSA) is 54.9 Å². The molecule has 8 heteroatoms. The van der Waals surface area contributed by atoms with Gasteiger partial charge in [-0.05, 0) is 50.3 Å². The standard InChI is InChI=1S/C19H29F2N3O2.HI/c1-2-22-19(23-7-4-9-25-14-18-5-3-10-26-18)24-8-6-15-11-16(20)13-17(21)12-15;/h11-13,18H,2-10,14H2,1H3,(H2,22,23,24);1H. The van der Waals surface area contributed by atoms with Crippen LogP contribution >= 0.6 is 24.0 Å². The minimum atomic E-state index is -0.552. The predicted molar refractivity (Wildman–Crippen MR) is 114 cm³/mol. The number of halogens is 3. The molecule has 2 N–H and O–H groups in total. The Morgan fingerprint density at radius 3 is 2.70 bits per heavy atom. The van der Waals surface area contributed by atoms with Gasteiger partial charge in [-0.15, -0.1) is 24.0 Å². The van der Waals surface area contributed by atoms with Crippen molar-refractivity contribution in [3.63, 3.8) is 0 Å². The van der Waals surface area contributed by atoms with Gasteiger partial charge in [-0.3, -0.25) is 4.99 Å². The number of aliphatic imine (C=N–C) groups is 1. The lowest BCUT2D eigenvalue weighted by atomic mass is 10.1. The van der Waals surface area contributed by atoms with Crippen LogP contribution in [0.2, 0.25) is 0 Å². The zero-order chi connectivity index (χ0) is 18.6. The Morgan fingerprint density at radius 1 is 1.26 bits per heavy atom. The zero-order valence-electron chi connectivity index (χ0n) is 15.8. The molecular formula is C19H30F2IN3O2. The summed E-state index contributed by atoms with van der Waals surface area (Å²) >= 11 is 0. The molecule has 0 spiro atoms. The normalized spacial score (nSPS) is 16.9. The van der Waals surface area contributed by atoms with Crippen molar-refractivity contribution >= 4 is 29.9 Å². The van der Waals surface area contributed by atoms with E-state index in [0.717, 1.165) is 38.5 Å². The molecule has 0 radical (unpaired) electrons. The summed E-state index contributed by atoms with van der Waals surface area (Å²) < 4.78 is 37.5. The monoisotopic (exact) mass is 497 g/mol. The van der Waals surface area contributed by atoms with Crippen molar-refractivity contribution in [3.05, 3.63) is 35.4 Å². The first-order valence-electron chi connectivity index (χ1n) is 9.34. The molecule has 0 aliphatic carbocycles. The highest BCUT2D eigenvalue weighted by molar-refractivity contribution is 14.0. The van der Waals surface area contributed by atoms with Crippen LogP contribution in [0.15, 0.2) is 23.2 Å². The summed E-state index contributed by atoms with van der Waals surface area (Å²) in [5.41, 5.74) is 0.619. The number of guanidine groups is 1. The summed E-state index contributed by atoms with van der Waals surface area (Å²) in [6, 6.07) is 3.57. The highest BCUT2D eigenvalue weighted by Gasteiger charge is 2.14. The molecule has 5 nitrogen and oxygen atoms in total. The number of rotatable bonds is 10. The molecule has 1 heterocycles. The van der Waals surface area contributed by atoms with E-state index in [1.807, 2.05) is 6.92 Å². The van der Waals surface area contributed by atoms with Crippen molar-refractivity contribution in [3.8, 4) is 0 Å². The zero-order valence-corrected chi connectivity index (χ0v) is 18.1. The molecule has 0 bridgehead atoms. The molecule has 1 aliphatic rings. The molecular weight excluding hydrogens is 467 g/mol. The molecule has 0 aromatic heterocycles. The summed E-state index contributed by atoms with van der Waals surface area (Å²) in [7, 11) is 0. The minimum Gasteiger partial charge on any atom is -0.379 e. The van der Waals surface area contributed by atoms with Gasteiger partial charge in [-0.1, -0.05) is 0 Å². The Bertz CT molecular complexity index is 550. The molecule has 1 fully saturated rings. The average Bonchev–Trinajstić information content (AvgIpc) is 3.10. The van der Waals surface area contributed by atoms with E-state index in [4.69, 9.17) is 9.47 Å². The number of benzene rings is 1. The van der Waals surface area contributed by atoms with Crippen LogP contribution in [0.5, 0.6) is 0 Å². The second kappa shape index (κ2) is 14.1. The summed E-state index contributed by atoms with van der Waals surface area (Å²) in [4.78, 5) is 4.48. The van der Waals surface area contributed by atoms with Gasteiger partial charge in [0.1, 0.15) is 11.6 Å². The average molecular weight is 497 g/mol. The number of ether oxygens (including phenoxy) is 2. The van der Waals surface area contributed by atoms with Gasteiger partial charge in [-0.25, -0.2) is 8.78 Å². The first-order valence-corrected chi connectivity index (χ1v) is 9.34. The number of hydrogen-bond acceptors (Lipinski definition) is 3. The summed E-state index contributed by atoms with van der Waals surface area (Å²) in [6.07, 6.45) is 3.81. The van der Waals surface area contributed by atoms with E-state index in [-0.39, 0.29) is 30.1 Å². The first kappa shape index (κ1) is 24.0. The second-order valence-electron chi connectivity index (χ2n) is 6.28.